The average molecular weight is 351 g/mol. The highest BCUT2D eigenvalue weighted by Gasteiger charge is 2.28. The molecule has 1 atom stereocenters. The molecule has 0 aliphatic heterocycles. The number of hydrogen-bond acceptors (Lipinski definition) is 4. The molecule has 1 heterocycles. The lowest BCUT2D eigenvalue weighted by molar-refractivity contribution is 0.317. The first kappa shape index (κ1) is 16.4. The van der Waals surface area contributed by atoms with Gasteiger partial charge in [0.25, 0.3) is 0 Å². The maximum atomic E-state index is 12.4. The molecule has 0 fully saturated rings. The first-order chi connectivity index (χ1) is 8.58. The predicted octanol–water partition coefficient (Wildman–Crippen LogP) is 2.57. The quantitative estimate of drug-likeness (QED) is 0.905. The Balaban J connectivity index is 3.17. The molecule has 0 radical (unpaired) electrons. The van der Waals surface area contributed by atoms with Gasteiger partial charge in [0.1, 0.15) is 4.90 Å². The van der Waals surface area contributed by atoms with Crippen LogP contribution in [0.4, 0.5) is 0 Å². The Morgan fingerprint density at radius 2 is 2.00 bits per heavy atom. The average Bonchev–Trinajstić information content (AvgIpc) is 2.27. The van der Waals surface area contributed by atoms with Crippen LogP contribution < -0.4 is 9.46 Å². The third kappa shape index (κ3) is 4.15. The summed E-state index contributed by atoms with van der Waals surface area (Å²) in [4.78, 5) is 3.97. The largest absolute Gasteiger partial charge is 0.480 e. The molecule has 1 rings (SSSR count). The van der Waals surface area contributed by atoms with Gasteiger partial charge in [0.2, 0.25) is 15.9 Å². The number of rotatable bonds is 4. The third-order valence-corrected chi connectivity index (χ3v) is 4.87. The minimum atomic E-state index is -3.68. The molecule has 5 nitrogen and oxygen atoms in total. The maximum absolute atomic E-state index is 12.4. The Morgan fingerprint density at radius 3 is 2.47 bits per heavy atom. The minimum absolute atomic E-state index is 0.0282. The second-order valence-electron chi connectivity index (χ2n) is 5.37. The zero-order valence-corrected chi connectivity index (χ0v) is 14.1. The van der Waals surface area contributed by atoms with Crippen LogP contribution in [0.25, 0.3) is 0 Å². The van der Waals surface area contributed by atoms with E-state index in [9.17, 15) is 8.42 Å². The summed E-state index contributed by atoms with van der Waals surface area (Å²) in [5.74, 6) is 0.0804. The van der Waals surface area contributed by atoms with Crippen molar-refractivity contribution in [1.82, 2.24) is 9.71 Å². The highest BCUT2D eigenvalue weighted by molar-refractivity contribution is 9.10. The van der Waals surface area contributed by atoms with E-state index in [0.717, 1.165) is 0 Å². The normalized spacial score (nSPS) is 14.2. The summed E-state index contributed by atoms with van der Waals surface area (Å²) in [5, 5.41) is 0. The van der Waals surface area contributed by atoms with Gasteiger partial charge in [-0.3, -0.25) is 0 Å². The summed E-state index contributed by atoms with van der Waals surface area (Å²) in [6.45, 7) is 7.74. The molecule has 0 aromatic carbocycles. The number of hydrogen-bond donors (Lipinski definition) is 1. The lowest BCUT2D eigenvalue weighted by atomic mass is 9.89. The Labute approximate surface area is 122 Å². The van der Waals surface area contributed by atoms with Gasteiger partial charge in [-0.2, -0.15) is 0 Å². The van der Waals surface area contributed by atoms with Gasteiger partial charge >= 0.3 is 0 Å². The van der Waals surface area contributed by atoms with Crippen LogP contribution in [0.2, 0.25) is 0 Å². The van der Waals surface area contributed by atoms with Crippen molar-refractivity contribution in [2.24, 2.45) is 5.41 Å². The number of methoxy groups -OCH3 is 1. The Bertz CT molecular complexity index is 553. The van der Waals surface area contributed by atoms with E-state index in [-0.39, 0.29) is 22.2 Å². The molecular formula is C12H19BrN2O3S. The summed E-state index contributed by atoms with van der Waals surface area (Å²) >= 11 is 3.21. The van der Waals surface area contributed by atoms with Crippen LogP contribution in [0.1, 0.15) is 27.7 Å². The fourth-order valence-corrected chi connectivity index (χ4v) is 3.30. The van der Waals surface area contributed by atoms with E-state index in [1.54, 1.807) is 0 Å². The number of pyridine rings is 1. The second-order valence-corrected chi connectivity index (χ2v) is 7.97. The summed E-state index contributed by atoms with van der Waals surface area (Å²) in [7, 11) is -2.28. The fraction of sp³-hybridized carbons (Fsp3) is 0.583. The molecule has 0 aliphatic carbocycles. The number of halogens is 1. The molecule has 1 N–H and O–H groups in total. The van der Waals surface area contributed by atoms with E-state index in [1.165, 1.54) is 19.4 Å². The standard InChI is InChI=1S/C12H19BrN2O3S/c1-8(12(2,3)4)15-19(16,17)10-6-9(13)7-14-11(10)18-5/h6-8,15H,1-5H3. The van der Waals surface area contributed by atoms with Crippen LogP contribution in [0.3, 0.4) is 0 Å². The summed E-state index contributed by atoms with van der Waals surface area (Å²) in [6.07, 6.45) is 1.49. The summed E-state index contributed by atoms with van der Waals surface area (Å²) in [5.41, 5.74) is -0.181. The number of nitrogens with one attached hydrogen (secondary N) is 1. The second kappa shape index (κ2) is 5.76. The van der Waals surface area contributed by atoms with Gasteiger partial charge in [-0.05, 0) is 34.3 Å². The van der Waals surface area contributed by atoms with Crippen LogP contribution >= 0.6 is 15.9 Å². The molecule has 1 unspecified atom stereocenters. The molecule has 0 spiro atoms. The van der Waals surface area contributed by atoms with Crippen LogP contribution in [-0.2, 0) is 10.0 Å². The molecule has 0 aliphatic rings. The zero-order chi connectivity index (χ0) is 14.8. The van der Waals surface area contributed by atoms with Gasteiger partial charge in [-0.1, -0.05) is 20.8 Å². The van der Waals surface area contributed by atoms with Crippen LogP contribution in [0.15, 0.2) is 21.6 Å². The van der Waals surface area contributed by atoms with E-state index >= 15 is 0 Å². The van der Waals surface area contributed by atoms with Crippen molar-refractivity contribution in [3.05, 3.63) is 16.7 Å². The third-order valence-electron chi connectivity index (χ3n) is 2.90. The highest BCUT2D eigenvalue weighted by Crippen LogP contribution is 2.26. The predicted molar refractivity (Wildman–Crippen MR) is 77.7 cm³/mol. The molecule has 19 heavy (non-hydrogen) atoms. The van der Waals surface area contributed by atoms with Crippen molar-refractivity contribution in [2.45, 2.75) is 38.6 Å². The van der Waals surface area contributed by atoms with Crippen molar-refractivity contribution >= 4 is 26.0 Å². The van der Waals surface area contributed by atoms with Crippen molar-refractivity contribution < 1.29 is 13.2 Å². The van der Waals surface area contributed by atoms with Crippen molar-refractivity contribution in [3.8, 4) is 5.88 Å². The molecule has 1 aromatic rings. The first-order valence-corrected chi connectivity index (χ1v) is 8.07. The van der Waals surface area contributed by atoms with Crippen molar-refractivity contribution in [2.75, 3.05) is 7.11 Å². The number of ether oxygens (including phenoxy) is 1. The van der Waals surface area contributed by atoms with Gasteiger partial charge in [-0.25, -0.2) is 18.1 Å². The maximum Gasteiger partial charge on any atom is 0.246 e. The van der Waals surface area contributed by atoms with Crippen molar-refractivity contribution in [3.63, 3.8) is 0 Å². The summed E-state index contributed by atoms with van der Waals surface area (Å²) < 4.78 is 33.0. The Kier molecular flexibility index (Phi) is 4.97. The molecule has 1 aromatic heterocycles. The Morgan fingerprint density at radius 1 is 1.42 bits per heavy atom. The lowest BCUT2D eigenvalue weighted by Crippen LogP contribution is -2.41. The molecule has 0 bridgehead atoms. The highest BCUT2D eigenvalue weighted by atomic mass is 79.9. The van der Waals surface area contributed by atoms with Crippen LogP contribution in [0, 0.1) is 5.41 Å². The molecule has 0 amide bonds. The van der Waals surface area contributed by atoms with Crippen LogP contribution in [-0.4, -0.2) is 26.6 Å². The molecule has 7 heteroatoms. The van der Waals surface area contributed by atoms with Gasteiger partial charge < -0.3 is 4.74 Å². The van der Waals surface area contributed by atoms with Crippen molar-refractivity contribution in [1.29, 1.82) is 0 Å². The number of nitrogens with zero attached hydrogens (tertiary/aromatic N) is 1. The SMILES string of the molecule is COc1ncc(Br)cc1S(=O)(=O)NC(C)C(C)(C)C. The van der Waals surface area contributed by atoms with E-state index < -0.39 is 10.0 Å². The van der Waals surface area contributed by atoms with Gasteiger partial charge in [-0.15, -0.1) is 0 Å². The van der Waals surface area contributed by atoms with E-state index in [1.807, 2.05) is 27.7 Å². The monoisotopic (exact) mass is 350 g/mol. The van der Waals surface area contributed by atoms with E-state index in [4.69, 9.17) is 4.74 Å². The van der Waals surface area contributed by atoms with Gasteiger partial charge in [0.15, 0.2) is 0 Å². The smallest absolute Gasteiger partial charge is 0.246 e. The van der Waals surface area contributed by atoms with Crippen LogP contribution in [0.5, 0.6) is 5.88 Å². The zero-order valence-electron chi connectivity index (χ0n) is 11.7. The summed E-state index contributed by atoms with van der Waals surface area (Å²) in [6, 6.07) is 1.25. The number of aromatic nitrogens is 1. The molecular weight excluding hydrogens is 332 g/mol. The van der Waals surface area contributed by atoms with E-state index in [0.29, 0.717) is 4.47 Å². The Hall–Kier alpha value is -0.660. The first-order valence-electron chi connectivity index (χ1n) is 5.80. The molecule has 0 saturated carbocycles. The molecule has 108 valence electrons. The number of sulfonamides is 1. The van der Waals surface area contributed by atoms with E-state index in [2.05, 4.69) is 25.6 Å². The fourth-order valence-electron chi connectivity index (χ4n) is 1.23. The molecule has 0 saturated heterocycles. The van der Waals surface area contributed by atoms with Gasteiger partial charge in [0, 0.05) is 16.7 Å². The lowest BCUT2D eigenvalue weighted by Gasteiger charge is -2.27. The van der Waals surface area contributed by atoms with Gasteiger partial charge in [0.05, 0.1) is 7.11 Å². The topological polar surface area (TPSA) is 68.3 Å². The minimum Gasteiger partial charge on any atom is -0.480 e.